The van der Waals surface area contributed by atoms with E-state index in [9.17, 15) is 0 Å². The van der Waals surface area contributed by atoms with Gasteiger partial charge in [-0.15, -0.1) is 9.24 Å². The summed E-state index contributed by atoms with van der Waals surface area (Å²) < 4.78 is 0. The minimum Gasteiger partial charge on any atom is -0.133 e. The van der Waals surface area contributed by atoms with Crippen LogP contribution >= 0.6 is 9.24 Å². The van der Waals surface area contributed by atoms with Gasteiger partial charge in [-0.2, -0.15) is 0 Å². The monoisotopic (exact) mass is 294 g/mol. The molecule has 0 fully saturated rings. The molecule has 0 N–H and O–H groups in total. The van der Waals surface area contributed by atoms with Crippen molar-refractivity contribution in [2.24, 2.45) is 5.92 Å². The smallest absolute Gasteiger partial charge is 0.0308 e. The minimum atomic E-state index is 0.177. The maximum absolute atomic E-state index is 3.20. The lowest BCUT2D eigenvalue weighted by atomic mass is 9.69. The van der Waals surface area contributed by atoms with E-state index in [1.54, 1.807) is 22.3 Å². The lowest BCUT2D eigenvalue weighted by Crippen LogP contribution is -2.38. The van der Waals surface area contributed by atoms with Gasteiger partial charge in [-0.25, -0.2) is 0 Å². The van der Waals surface area contributed by atoms with Gasteiger partial charge in [-0.1, -0.05) is 69.3 Å². The molecule has 6 atom stereocenters. The van der Waals surface area contributed by atoms with Gasteiger partial charge in [-0.3, -0.25) is 0 Å². The van der Waals surface area contributed by atoms with Crippen LogP contribution in [-0.4, -0.2) is 5.66 Å². The summed E-state index contributed by atoms with van der Waals surface area (Å²) in [4.78, 5) is 0. The molecule has 0 heterocycles. The van der Waals surface area contributed by atoms with Crippen molar-refractivity contribution in [2.75, 3.05) is 0 Å². The van der Waals surface area contributed by atoms with Crippen molar-refractivity contribution >= 4 is 9.24 Å². The zero-order valence-corrected chi connectivity index (χ0v) is 14.2. The molecule has 108 valence electrons. The molecule has 4 rings (SSSR count). The standard InChI is InChI=1S/C20H23P/c1-12-14(3)20(17-10-6-4-8-15(12)17)18-11-7-5-9-16(18)13(2)19(20)21/h4-14,19H,21H2,1-3H3/t12-,13+,14+,19+,20?/m0/s1. The molecule has 0 saturated carbocycles. The van der Waals surface area contributed by atoms with E-state index in [1.807, 2.05) is 0 Å². The highest BCUT2D eigenvalue weighted by atomic mass is 31.0. The van der Waals surface area contributed by atoms with Crippen LogP contribution in [0.15, 0.2) is 48.5 Å². The molecule has 1 spiro atoms. The predicted molar refractivity (Wildman–Crippen MR) is 93.2 cm³/mol. The van der Waals surface area contributed by atoms with E-state index in [2.05, 4.69) is 78.5 Å². The average Bonchev–Trinajstić information content (AvgIpc) is 2.89. The van der Waals surface area contributed by atoms with Crippen molar-refractivity contribution in [2.45, 2.75) is 43.7 Å². The fourth-order valence-corrected chi connectivity index (χ4v) is 5.96. The molecule has 0 radical (unpaired) electrons. The molecule has 2 unspecified atom stereocenters. The van der Waals surface area contributed by atoms with Gasteiger partial charge < -0.3 is 0 Å². The van der Waals surface area contributed by atoms with E-state index >= 15 is 0 Å². The molecule has 0 nitrogen and oxygen atoms in total. The van der Waals surface area contributed by atoms with Gasteiger partial charge in [0, 0.05) is 5.41 Å². The Morgan fingerprint density at radius 2 is 1.24 bits per heavy atom. The van der Waals surface area contributed by atoms with Gasteiger partial charge >= 0.3 is 0 Å². The predicted octanol–water partition coefficient (Wildman–Crippen LogP) is 5.09. The first-order chi connectivity index (χ1) is 10.1. The number of fused-ring (bicyclic) bond motifs is 4. The van der Waals surface area contributed by atoms with Gasteiger partial charge in [0.25, 0.3) is 0 Å². The summed E-state index contributed by atoms with van der Waals surface area (Å²) >= 11 is 0. The molecule has 21 heavy (non-hydrogen) atoms. The van der Waals surface area contributed by atoms with Gasteiger partial charge in [0.15, 0.2) is 0 Å². The molecule has 0 aromatic heterocycles. The van der Waals surface area contributed by atoms with Crippen molar-refractivity contribution in [3.05, 3.63) is 70.8 Å². The number of rotatable bonds is 0. The van der Waals surface area contributed by atoms with E-state index in [0.29, 0.717) is 23.4 Å². The molecule has 0 aliphatic heterocycles. The van der Waals surface area contributed by atoms with Gasteiger partial charge in [0.1, 0.15) is 0 Å². The van der Waals surface area contributed by atoms with Crippen molar-refractivity contribution < 1.29 is 0 Å². The van der Waals surface area contributed by atoms with Crippen LogP contribution in [0.1, 0.15) is 54.9 Å². The Kier molecular flexibility index (Phi) is 2.86. The molecule has 0 bridgehead atoms. The second kappa shape index (κ2) is 4.43. The summed E-state index contributed by atoms with van der Waals surface area (Å²) in [5.41, 5.74) is 7.01. The van der Waals surface area contributed by atoms with E-state index in [1.165, 1.54) is 0 Å². The van der Waals surface area contributed by atoms with E-state index in [4.69, 9.17) is 0 Å². The topological polar surface area (TPSA) is 0 Å². The zero-order chi connectivity index (χ0) is 14.8. The lowest BCUT2D eigenvalue weighted by Gasteiger charge is -2.38. The highest BCUT2D eigenvalue weighted by Gasteiger charge is 2.58. The summed E-state index contributed by atoms with van der Waals surface area (Å²) in [7, 11) is 3.20. The summed E-state index contributed by atoms with van der Waals surface area (Å²) in [5, 5.41) is 0. The Labute approximate surface area is 130 Å². The van der Waals surface area contributed by atoms with E-state index in [0.717, 1.165) is 0 Å². The van der Waals surface area contributed by atoms with Crippen LogP contribution in [0.2, 0.25) is 0 Å². The number of hydrogen-bond donors (Lipinski definition) is 0. The fourth-order valence-electron chi connectivity index (χ4n) is 5.09. The Morgan fingerprint density at radius 1 is 0.762 bits per heavy atom. The molecule has 0 amide bonds. The molecule has 2 aromatic carbocycles. The van der Waals surface area contributed by atoms with Crippen LogP contribution in [0, 0.1) is 5.92 Å². The largest absolute Gasteiger partial charge is 0.133 e. The first-order valence-electron chi connectivity index (χ1n) is 8.04. The molecular formula is C20H23P. The van der Waals surface area contributed by atoms with Crippen molar-refractivity contribution in [3.63, 3.8) is 0 Å². The van der Waals surface area contributed by atoms with Gasteiger partial charge in [0.05, 0.1) is 0 Å². The summed E-state index contributed by atoms with van der Waals surface area (Å²) in [6.45, 7) is 7.25. The second-order valence-electron chi connectivity index (χ2n) is 6.94. The highest BCUT2D eigenvalue weighted by Crippen LogP contribution is 2.64. The van der Waals surface area contributed by atoms with E-state index in [-0.39, 0.29) is 5.41 Å². The maximum Gasteiger partial charge on any atom is 0.0308 e. The fraction of sp³-hybridized carbons (Fsp3) is 0.400. The van der Waals surface area contributed by atoms with Crippen LogP contribution < -0.4 is 0 Å². The van der Waals surface area contributed by atoms with Crippen molar-refractivity contribution in [1.29, 1.82) is 0 Å². The quantitative estimate of drug-likeness (QED) is 0.594. The van der Waals surface area contributed by atoms with Crippen LogP contribution in [0.4, 0.5) is 0 Å². The first kappa shape index (κ1) is 13.5. The Bertz CT molecular complexity index is 641. The normalized spacial score (nSPS) is 36.8. The van der Waals surface area contributed by atoms with Crippen LogP contribution in [-0.2, 0) is 5.41 Å². The SMILES string of the molecule is C[C@@H]1c2ccccc2C2(c3ccccc3[C@@H](C)[C@H]2P)[C@@H]1C. The Balaban J connectivity index is 2.08. The summed E-state index contributed by atoms with van der Waals surface area (Å²) in [6, 6.07) is 18.3. The number of hydrogen-bond acceptors (Lipinski definition) is 0. The lowest BCUT2D eigenvalue weighted by molar-refractivity contribution is 0.338. The van der Waals surface area contributed by atoms with Crippen LogP contribution in [0.5, 0.6) is 0 Å². The third kappa shape index (κ3) is 1.45. The van der Waals surface area contributed by atoms with Gasteiger partial charge in [0.2, 0.25) is 0 Å². The average molecular weight is 294 g/mol. The van der Waals surface area contributed by atoms with Crippen molar-refractivity contribution in [3.8, 4) is 0 Å². The van der Waals surface area contributed by atoms with Crippen molar-refractivity contribution in [1.82, 2.24) is 0 Å². The first-order valence-corrected chi connectivity index (χ1v) is 8.71. The maximum atomic E-state index is 3.20. The summed E-state index contributed by atoms with van der Waals surface area (Å²) in [5.74, 6) is 1.87. The Hall–Kier alpha value is -1.13. The highest BCUT2D eigenvalue weighted by molar-refractivity contribution is 7.18. The Morgan fingerprint density at radius 3 is 1.81 bits per heavy atom. The van der Waals surface area contributed by atoms with Gasteiger partial charge in [-0.05, 0) is 45.7 Å². The molecule has 2 aliphatic carbocycles. The molecule has 0 saturated heterocycles. The third-order valence-corrected chi connectivity index (χ3v) is 7.43. The molecule has 1 heteroatoms. The molecular weight excluding hydrogens is 271 g/mol. The number of benzene rings is 2. The van der Waals surface area contributed by atoms with Crippen LogP contribution in [0.25, 0.3) is 0 Å². The molecule has 2 aromatic rings. The summed E-state index contributed by atoms with van der Waals surface area (Å²) in [6.07, 6.45) is 0. The third-order valence-electron chi connectivity index (χ3n) is 6.33. The molecule has 2 aliphatic rings. The van der Waals surface area contributed by atoms with E-state index < -0.39 is 0 Å². The minimum absolute atomic E-state index is 0.177. The van der Waals surface area contributed by atoms with Crippen LogP contribution in [0.3, 0.4) is 0 Å². The second-order valence-corrected chi connectivity index (χ2v) is 7.65. The zero-order valence-electron chi connectivity index (χ0n) is 13.0.